The van der Waals surface area contributed by atoms with E-state index in [2.05, 4.69) is 4.74 Å². The van der Waals surface area contributed by atoms with Crippen molar-refractivity contribution in [2.75, 3.05) is 7.11 Å². The molecule has 2 aromatic carbocycles. The van der Waals surface area contributed by atoms with E-state index in [0.717, 1.165) is 11.1 Å². The minimum atomic E-state index is -0.448. The van der Waals surface area contributed by atoms with Crippen molar-refractivity contribution in [3.8, 4) is 5.75 Å². The molecule has 0 unspecified atom stereocenters. The molecular weight excluding hydrogens is 228 g/mol. The fourth-order valence-corrected chi connectivity index (χ4v) is 1.77. The lowest BCUT2D eigenvalue weighted by Crippen LogP contribution is -2.01. The van der Waals surface area contributed by atoms with Crippen LogP contribution in [0.1, 0.15) is 21.5 Å². The second-order valence-corrected chi connectivity index (χ2v) is 4.00. The molecule has 0 bridgehead atoms. The van der Waals surface area contributed by atoms with Gasteiger partial charge in [0.15, 0.2) is 0 Å². The molecule has 0 aromatic heterocycles. The molecular formula is C15H14O3. The summed E-state index contributed by atoms with van der Waals surface area (Å²) in [6.07, 6.45) is 0.633. The van der Waals surface area contributed by atoms with Crippen LogP contribution in [0.25, 0.3) is 0 Å². The molecule has 0 fully saturated rings. The Morgan fingerprint density at radius 1 is 1.17 bits per heavy atom. The molecule has 0 aliphatic carbocycles. The summed E-state index contributed by atoms with van der Waals surface area (Å²) >= 11 is 0. The Kier molecular flexibility index (Phi) is 3.63. The largest absolute Gasteiger partial charge is 0.508 e. The highest BCUT2D eigenvalue weighted by Gasteiger charge is 2.09. The van der Waals surface area contributed by atoms with E-state index in [0.29, 0.717) is 12.0 Å². The van der Waals surface area contributed by atoms with Gasteiger partial charge in [0.05, 0.1) is 12.7 Å². The van der Waals surface area contributed by atoms with Crippen LogP contribution in [-0.2, 0) is 11.2 Å². The van der Waals surface area contributed by atoms with Crippen LogP contribution >= 0.6 is 0 Å². The van der Waals surface area contributed by atoms with Crippen molar-refractivity contribution >= 4 is 5.97 Å². The molecule has 18 heavy (non-hydrogen) atoms. The van der Waals surface area contributed by atoms with Gasteiger partial charge >= 0.3 is 5.97 Å². The molecule has 0 heterocycles. The van der Waals surface area contributed by atoms with Crippen LogP contribution in [0.5, 0.6) is 5.75 Å². The summed E-state index contributed by atoms with van der Waals surface area (Å²) < 4.78 is 4.60. The van der Waals surface area contributed by atoms with E-state index in [1.54, 1.807) is 12.1 Å². The summed E-state index contributed by atoms with van der Waals surface area (Å²) in [7, 11) is 1.32. The van der Waals surface area contributed by atoms with Gasteiger partial charge in [-0.15, -0.1) is 0 Å². The average molecular weight is 242 g/mol. The number of phenols is 1. The fraction of sp³-hybridized carbons (Fsp3) is 0.133. The molecule has 0 radical (unpaired) electrons. The lowest BCUT2D eigenvalue weighted by atomic mass is 10.0. The highest BCUT2D eigenvalue weighted by atomic mass is 16.5. The number of hydrogen-bond donors (Lipinski definition) is 1. The van der Waals surface area contributed by atoms with Gasteiger partial charge in [-0.25, -0.2) is 4.79 Å². The molecule has 0 aliphatic rings. The van der Waals surface area contributed by atoms with Crippen LogP contribution < -0.4 is 0 Å². The van der Waals surface area contributed by atoms with Crippen LogP contribution in [0.2, 0.25) is 0 Å². The van der Waals surface area contributed by atoms with Gasteiger partial charge in [-0.2, -0.15) is 0 Å². The zero-order valence-corrected chi connectivity index (χ0v) is 10.1. The quantitative estimate of drug-likeness (QED) is 0.842. The summed E-state index contributed by atoms with van der Waals surface area (Å²) in [5.41, 5.74) is 2.25. The van der Waals surface area contributed by atoms with Crippen LogP contribution in [0.3, 0.4) is 0 Å². The number of benzene rings is 2. The zero-order valence-electron chi connectivity index (χ0n) is 10.1. The number of ether oxygens (including phenoxy) is 1. The first-order valence-corrected chi connectivity index (χ1v) is 5.65. The van der Waals surface area contributed by atoms with Gasteiger partial charge in [-0.05, 0) is 23.3 Å². The Morgan fingerprint density at radius 2 is 1.89 bits per heavy atom. The number of carbonyl (C=O) groups is 1. The van der Waals surface area contributed by atoms with Crippen LogP contribution in [0.4, 0.5) is 0 Å². The van der Waals surface area contributed by atoms with E-state index in [-0.39, 0.29) is 5.75 Å². The Balaban J connectivity index is 2.23. The van der Waals surface area contributed by atoms with Gasteiger partial charge in [0.25, 0.3) is 0 Å². The number of rotatable bonds is 3. The first-order chi connectivity index (χ1) is 8.70. The van der Waals surface area contributed by atoms with Crippen LogP contribution in [-0.4, -0.2) is 18.2 Å². The number of carbonyl (C=O) groups excluding carboxylic acids is 1. The smallest absolute Gasteiger partial charge is 0.337 e. The van der Waals surface area contributed by atoms with Gasteiger partial charge < -0.3 is 9.84 Å². The Hall–Kier alpha value is -2.29. The molecule has 0 saturated carbocycles. The van der Waals surface area contributed by atoms with E-state index in [4.69, 9.17) is 0 Å². The number of esters is 1. The molecule has 0 atom stereocenters. The Morgan fingerprint density at radius 3 is 2.50 bits per heavy atom. The maximum atomic E-state index is 11.3. The molecule has 1 N–H and O–H groups in total. The molecule has 3 nitrogen and oxygen atoms in total. The van der Waals surface area contributed by atoms with Gasteiger partial charge in [0.1, 0.15) is 5.75 Å². The Bertz CT molecular complexity index is 547. The number of methoxy groups -OCH3 is 1. The van der Waals surface area contributed by atoms with Gasteiger partial charge in [-0.1, -0.05) is 36.4 Å². The van der Waals surface area contributed by atoms with Crippen molar-refractivity contribution in [2.45, 2.75) is 6.42 Å². The second-order valence-electron chi connectivity index (χ2n) is 4.00. The highest BCUT2D eigenvalue weighted by Crippen LogP contribution is 2.22. The molecule has 2 aromatic rings. The topological polar surface area (TPSA) is 46.5 Å². The lowest BCUT2D eigenvalue weighted by molar-refractivity contribution is 0.0600. The number of hydrogen-bond acceptors (Lipinski definition) is 3. The van der Waals surface area contributed by atoms with Gasteiger partial charge in [0, 0.05) is 6.42 Å². The van der Waals surface area contributed by atoms with Crippen molar-refractivity contribution in [2.24, 2.45) is 0 Å². The summed E-state index contributed by atoms with van der Waals surface area (Å²) in [6, 6.07) is 14.7. The molecule has 0 aliphatic heterocycles. The van der Waals surface area contributed by atoms with Crippen molar-refractivity contribution in [3.63, 3.8) is 0 Å². The van der Waals surface area contributed by atoms with Crippen LogP contribution in [0.15, 0.2) is 48.5 Å². The third kappa shape index (κ3) is 2.69. The van der Waals surface area contributed by atoms with Gasteiger partial charge in [0.2, 0.25) is 0 Å². The predicted molar refractivity (Wildman–Crippen MR) is 68.7 cm³/mol. The third-order valence-electron chi connectivity index (χ3n) is 2.74. The van der Waals surface area contributed by atoms with E-state index < -0.39 is 5.97 Å². The normalized spacial score (nSPS) is 10.1. The predicted octanol–water partition coefficient (Wildman–Crippen LogP) is 2.77. The minimum absolute atomic E-state index is 0.113. The van der Waals surface area contributed by atoms with E-state index in [1.165, 1.54) is 13.2 Å². The maximum Gasteiger partial charge on any atom is 0.337 e. The van der Waals surface area contributed by atoms with Gasteiger partial charge in [-0.3, -0.25) is 0 Å². The molecule has 92 valence electrons. The lowest BCUT2D eigenvalue weighted by Gasteiger charge is -2.06. The van der Waals surface area contributed by atoms with Crippen LogP contribution in [0, 0.1) is 0 Å². The van der Waals surface area contributed by atoms with Crippen molar-refractivity contribution in [1.82, 2.24) is 0 Å². The van der Waals surface area contributed by atoms with Crippen molar-refractivity contribution in [1.29, 1.82) is 0 Å². The fourth-order valence-electron chi connectivity index (χ4n) is 1.77. The van der Waals surface area contributed by atoms with E-state index in [1.807, 2.05) is 30.3 Å². The first-order valence-electron chi connectivity index (χ1n) is 5.65. The summed E-state index contributed by atoms with van der Waals surface area (Å²) in [5.74, 6) is -0.335. The highest BCUT2D eigenvalue weighted by molar-refractivity contribution is 5.89. The summed E-state index contributed by atoms with van der Waals surface area (Å²) in [5, 5.41) is 9.89. The first kappa shape index (κ1) is 12.2. The molecule has 2 rings (SSSR count). The molecule has 0 amide bonds. The standard InChI is InChI=1S/C15H14O3/c1-18-15(17)13-8-7-12(14(16)10-13)9-11-5-3-2-4-6-11/h2-8,10,16H,9H2,1H3. The Labute approximate surface area is 106 Å². The number of phenolic OH excluding ortho intramolecular Hbond substituents is 1. The molecule has 3 heteroatoms. The van der Waals surface area contributed by atoms with Crippen molar-refractivity contribution < 1.29 is 14.6 Å². The number of aromatic hydroxyl groups is 1. The zero-order chi connectivity index (χ0) is 13.0. The minimum Gasteiger partial charge on any atom is -0.508 e. The van der Waals surface area contributed by atoms with E-state index in [9.17, 15) is 9.90 Å². The third-order valence-corrected chi connectivity index (χ3v) is 2.74. The second kappa shape index (κ2) is 5.36. The SMILES string of the molecule is COC(=O)c1ccc(Cc2ccccc2)c(O)c1. The molecule has 0 spiro atoms. The summed E-state index contributed by atoms with van der Waals surface area (Å²) in [4.78, 5) is 11.3. The summed E-state index contributed by atoms with van der Waals surface area (Å²) in [6.45, 7) is 0. The average Bonchev–Trinajstić information content (AvgIpc) is 2.41. The maximum absolute atomic E-state index is 11.3. The van der Waals surface area contributed by atoms with E-state index >= 15 is 0 Å². The van der Waals surface area contributed by atoms with Crippen molar-refractivity contribution in [3.05, 3.63) is 65.2 Å². The monoisotopic (exact) mass is 242 g/mol. The molecule has 0 saturated heterocycles.